The fraction of sp³-hybridized carbons (Fsp3) is 0.421. The zero-order valence-electron chi connectivity index (χ0n) is 13.4. The minimum Gasteiger partial charge on any atom is -0.368 e. The van der Waals surface area contributed by atoms with E-state index in [1.165, 1.54) is 6.07 Å². The Morgan fingerprint density at radius 1 is 1.25 bits per heavy atom. The second-order valence-corrected chi connectivity index (χ2v) is 7.17. The Balaban J connectivity index is 1.33. The van der Waals surface area contributed by atoms with Crippen LogP contribution in [0.5, 0.6) is 0 Å². The lowest BCUT2D eigenvalue weighted by Gasteiger charge is -2.50. The van der Waals surface area contributed by atoms with E-state index < -0.39 is 5.67 Å². The monoisotopic (exact) mass is 330 g/mol. The number of carbonyl (C=O) groups is 1. The lowest BCUT2D eigenvalue weighted by molar-refractivity contribution is -0.119. The van der Waals surface area contributed by atoms with Gasteiger partial charge in [0.25, 0.3) is 0 Å². The average molecular weight is 330 g/mol. The molecule has 1 aromatic rings. The Kier molecular flexibility index (Phi) is 3.48. The van der Waals surface area contributed by atoms with Gasteiger partial charge in [-0.05, 0) is 36.6 Å². The van der Waals surface area contributed by atoms with E-state index in [4.69, 9.17) is 0 Å². The highest BCUT2D eigenvalue weighted by molar-refractivity contribution is 5.80. The number of hydrogen-bond donors (Lipinski definition) is 1. The van der Waals surface area contributed by atoms with Crippen molar-refractivity contribution in [3.8, 4) is 0 Å². The topological polar surface area (TPSA) is 32.3 Å². The first-order valence-corrected chi connectivity index (χ1v) is 8.35. The molecule has 1 heterocycles. The van der Waals surface area contributed by atoms with Gasteiger partial charge in [0.15, 0.2) is 0 Å². The van der Waals surface area contributed by atoms with Gasteiger partial charge in [-0.15, -0.1) is 0 Å². The lowest BCUT2D eigenvalue weighted by atomic mass is 9.73. The summed E-state index contributed by atoms with van der Waals surface area (Å²) in [6.07, 6.45) is 8.53. The molecule has 0 unspecified atom stereocenters. The smallest absolute Gasteiger partial charge is 0.228 e. The summed E-state index contributed by atoms with van der Waals surface area (Å²) in [7, 11) is 0. The van der Waals surface area contributed by atoms with Crippen LogP contribution in [-0.2, 0) is 11.2 Å². The lowest BCUT2D eigenvalue weighted by Crippen LogP contribution is -2.55. The molecule has 1 amide bonds. The minimum absolute atomic E-state index is 0.00980. The summed E-state index contributed by atoms with van der Waals surface area (Å²) < 4.78 is 27.6. The molecule has 3 aliphatic carbocycles. The number of hydrogen-bond acceptors (Lipinski definition) is 2. The first kappa shape index (κ1) is 15.4. The Bertz CT molecular complexity index is 735. The summed E-state index contributed by atoms with van der Waals surface area (Å²) in [4.78, 5) is 14.3. The second kappa shape index (κ2) is 5.43. The van der Waals surface area contributed by atoms with Gasteiger partial charge < -0.3 is 10.2 Å². The van der Waals surface area contributed by atoms with Crippen molar-refractivity contribution >= 4 is 5.91 Å². The van der Waals surface area contributed by atoms with Gasteiger partial charge in [0.1, 0.15) is 11.5 Å². The Hall–Kier alpha value is -2.17. The molecule has 3 fully saturated rings. The van der Waals surface area contributed by atoms with Gasteiger partial charge in [-0.25, -0.2) is 8.78 Å². The van der Waals surface area contributed by atoms with E-state index in [1.807, 2.05) is 18.4 Å². The highest BCUT2D eigenvalue weighted by Crippen LogP contribution is 2.60. The van der Waals surface area contributed by atoms with Crippen LogP contribution in [0, 0.1) is 5.82 Å². The van der Waals surface area contributed by atoms with Crippen LogP contribution in [0.3, 0.4) is 0 Å². The number of benzene rings is 1. The van der Waals surface area contributed by atoms with Gasteiger partial charge in [0.05, 0.1) is 6.42 Å². The van der Waals surface area contributed by atoms with E-state index in [1.54, 1.807) is 18.2 Å². The summed E-state index contributed by atoms with van der Waals surface area (Å²) in [6, 6.07) is 6.28. The van der Waals surface area contributed by atoms with Gasteiger partial charge in [-0.3, -0.25) is 4.79 Å². The molecule has 126 valence electrons. The number of halogens is 2. The maximum atomic E-state index is 14.0. The summed E-state index contributed by atoms with van der Waals surface area (Å²) in [5.41, 5.74) is 0.138. The summed E-state index contributed by atoms with van der Waals surface area (Å²) in [6.45, 7) is 0.669. The summed E-state index contributed by atoms with van der Waals surface area (Å²) in [5, 5.41) is 2.81. The molecule has 0 atom stereocenters. The Morgan fingerprint density at radius 3 is 2.67 bits per heavy atom. The van der Waals surface area contributed by atoms with Crippen molar-refractivity contribution in [1.82, 2.24) is 10.2 Å². The number of rotatable bonds is 4. The quantitative estimate of drug-likeness (QED) is 0.919. The van der Waals surface area contributed by atoms with Crippen LogP contribution in [0.1, 0.15) is 31.2 Å². The molecule has 1 aliphatic heterocycles. The van der Waals surface area contributed by atoms with E-state index in [0.29, 0.717) is 37.1 Å². The van der Waals surface area contributed by atoms with E-state index in [9.17, 15) is 13.6 Å². The van der Waals surface area contributed by atoms with Gasteiger partial charge in [0.2, 0.25) is 5.91 Å². The van der Waals surface area contributed by atoms with Crippen molar-refractivity contribution in [2.75, 3.05) is 6.54 Å². The summed E-state index contributed by atoms with van der Waals surface area (Å²) >= 11 is 0. The van der Waals surface area contributed by atoms with Crippen LogP contribution >= 0.6 is 0 Å². The first-order chi connectivity index (χ1) is 11.5. The van der Waals surface area contributed by atoms with Crippen molar-refractivity contribution in [3.05, 3.63) is 59.7 Å². The van der Waals surface area contributed by atoms with Crippen molar-refractivity contribution < 1.29 is 13.6 Å². The maximum absolute atomic E-state index is 14.0. The summed E-state index contributed by atoms with van der Waals surface area (Å²) in [5.74, 6) is -0.609. The van der Waals surface area contributed by atoms with E-state index in [-0.39, 0.29) is 23.7 Å². The molecular formula is C19H20F2N2O. The van der Waals surface area contributed by atoms with Crippen LogP contribution in [0.2, 0.25) is 0 Å². The SMILES string of the molecule is O=C(Cc1ccccc1F)NC1=CCN(C23CCC(F)(C2)C3)C=C1. The number of nitrogens with zero attached hydrogens (tertiary/aromatic N) is 1. The van der Waals surface area contributed by atoms with Crippen LogP contribution < -0.4 is 5.32 Å². The number of fused-ring (bicyclic) bond motifs is 1. The molecule has 0 saturated heterocycles. The highest BCUT2D eigenvalue weighted by atomic mass is 19.1. The number of carbonyl (C=O) groups excluding carboxylic acids is 1. The number of nitrogens with one attached hydrogen (secondary N) is 1. The zero-order valence-corrected chi connectivity index (χ0v) is 13.4. The van der Waals surface area contributed by atoms with E-state index in [2.05, 4.69) is 10.2 Å². The van der Waals surface area contributed by atoms with Crippen molar-refractivity contribution in [2.45, 2.75) is 43.3 Å². The minimum atomic E-state index is -0.939. The first-order valence-electron chi connectivity index (χ1n) is 8.35. The van der Waals surface area contributed by atoms with Crippen molar-refractivity contribution in [3.63, 3.8) is 0 Å². The Morgan fingerprint density at radius 2 is 2.04 bits per heavy atom. The second-order valence-electron chi connectivity index (χ2n) is 7.17. The predicted octanol–water partition coefficient (Wildman–Crippen LogP) is 3.23. The molecule has 5 heteroatoms. The van der Waals surface area contributed by atoms with E-state index >= 15 is 0 Å². The number of amides is 1. The molecule has 0 radical (unpaired) electrons. The van der Waals surface area contributed by atoms with Crippen LogP contribution in [0.25, 0.3) is 0 Å². The number of allylic oxidation sites excluding steroid dienone is 1. The predicted molar refractivity (Wildman–Crippen MR) is 87.2 cm³/mol. The molecule has 24 heavy (non-hydrogen) atoms. The van der Waals surface area contributed by atoms with Crippen LogP contribution in [-0.4, -0.2) is 28.6 Å². The van der Waals surface area contributed by atoms with E-state index in [0.717, 1.165) is 6.42 Å². The fourth-order valence-electron chi connectivity index (χ4n) is 4.24. The van der Waals surface area contributed by atoms with Crippen molar-refractivity contribution in [2.24, 2.45) is 0 Å². The third-order valence-corrected chi connectivity index (χ3v) is 5.47. The van der Waals surface area contributed by atoms with Crippen LogP contribution in [0.4, 0.5) is 8.78 Å². The van der Waals surface area contributed by atoms with Crippen LogP contribution in [0.15, 0.2) is 48.3 Å². The molecule has 4 aliphatic rings. The number of alkyl halides is 1. The third kappa shape index (κ3) is 2.62. The molecular weight excluding hydrogens is 310 g/mol. The molecule has 3 saturated carbocycles. The zero-order chi connectivity index (χ0) is 16.8. The van der Waals surface area contributed by atoms with Gasteiger partial charge in [0, 0.05) is 36.8 Å². The molecule has 0 aromatic heterocycles. The Labute approximate surface area is 140 Å². The third-order valence-electron chi connectivity index (χ3n) is 5.47. The molecule has 5 rings (SSSR count). The standard InChI is InChI=1S/C19H20F2N2O/c20-16-4-2-1-3-14(16)11-17(24)22-15-5-9-23(10-6-15)19-8-7-18(21,12-19)13-19/h1-6,9H,7-8,10-13H2,(H,22,24). The molecule has 3 nitrogen and oxygen atoms in total. The normalized spacial score (nSPS) is 30.8. The maximum Gasteiger partial charge on any atom is 0.228 e. The van der Waals surface area contributed by atoms with Gasteiger partial charge in [-0.1, -0.05) is 18.2 Å². The largest absolute Gasteiger partial charge is 0.368 e. The molecule has 2 bridgehead atoms. The fourth-order valence-corrected chi connectivity index (χ4v) is 4.24. The molecule has 1 N–H and O–H groups in total. The average Bonchev–Trinajstić information content (AvgIpc) is 3.05. The van der Waals surface area contributed by atoms with Crippen molar-refractivity contribution in [1.29, 1.82) is 0 Å². The van der Waals surface area contributed by atoms with Gasteiger partial charge in [-0.2, -0.15) is 0 Å². The molecule has 0 spiro atoms. The van der Waals surface area contributed by atoms with Gasteiger partial charge >= 0.3 is 0 Å². The highest BCUT2D eigenvalue weighted by Gasteiger charge is 2.63. The molecule has 1 aromatic carbocycles.